The number of aromatic amines is 1. The number of aromatic nitrogens is 2. The Morgan fingerprint density at radius 3 is 2.72 bits per heavy atom. The Labute approximate surface area is 171 Å². The molecular weight excluding hydrogens is 390 g/mol. The van der Waals surface area contributed by atoms with Crippen LogP contribution in [0.5, 0.6) is 0 Å². The van der Waals surface area contributed by atoms with Gasteiger partial charge in [-0.15, -0.1) is 0 Å². The summed E-state index contributed by atoms with van der Waals surface area (Å²) in [5, 5.41) is 13.4. The van der Waals surface area contributed by atoms with Crippen molar-refractivity contribution in [1.29, 1.82) is 4.78 Å². The van der Waals surface area contributed by atoms with Crippen LogP contribution in [0.1, 0.15) is 50.3 Å². The SMILES string of the molecule is CC(C)NC(=O)OC1CCC(c2cc(Nc3ccc(CS(C)(=N)=O)cc3)n[nH]2)C1. The Morgan fingerprint density at radius 2 is 2.07 bits per heavy atom. The molecule has 3 unspecified atom stereocenters. The van der Waals surface area contributed by atoms with Crippen molar-refractivity contribution in [3.63, 3.8) is 0 Å². The molecule has 29 heavy (non-hydrogen) atoms. The molecule has 1 heterocycles. The molecule has 4 N–H and O–H groups in total. The lowest BCUT2D eigenvalue weighted by atomic mass is 10.0. The van der Waals surface area contributed by atoms with Gasteiger partial charge in [-0.2, -0.15) is 5.10 Å². The van der Waals surface area contributed by atoms with Crippen molar-refractivity contribution in [3.8, 4) is 0 Å². The lowest BCUT2D eigenvalue weighted by Crippen LogP contribution is -2.33. The van der Waals surface area contributed by atoms with E-state index in [2.05, 4.69) is 20.8 Å². The number of carbonyl (C=O) groups excluding carboxylic acids is 1. The molecule has 2 aromatic rings. The molecule has 0 spiro atoms. The van der Waals surface area contributed by atoms with Gasteiger partial charge in [0.05, 0.1) is 5.75 Å². The van der Waals surface area contributed by atoms with Gasteiger partial charge < -0.3 is 15.4 Å². The van der Waals surface area contributed by atoms with E-state index in [-0.39, 0.29) is 29.9 Å². The molecule has 1 aromatic carbocycles. The third-order valence-corrected chi connectivity index (χ3v) is 5.65. The highest BCUT2D eigenvalue weighted by Crippen LogP contribution is 2.36. The summed E-state index contributed by atoms with van der Waals surface area (Å²) in [5.74, 6) is 1.25. The predicted molar refractivity (Wildman–Crippen MR) is 114 cm³/mol. The van der Waals surface area contributed by atoms with Crippen LogP contribution in [0.2, 0.25) is 0 Å². The topological polar surface area (TPSA) is 120 Å². The van der Waals surface area contributed by atoms with Gasteiger partial charge >= 0.3 is 6.09 Å². The van der Waals surface area contributed by atoms with E-state index < -0.39 is 9.73 Å². The summed E-state index contributed by atoms with van der Waals surface area (Å²) in [6, 6.07) is 9.57. The van der Waals surface area contributed by atoms with Gasteiger partial charge in [-0.25, -0.2) is 9.00 Å². The third-order valence-electron chi connectivity index (χ3n) is 4.77. The first-order chi connectivity index (χ1) is 13.7. The Bertz CT molecular complexity index is 937. The molecule has 0 radical (unpaired) electrons. The fraction of sp³-hybridized carbons (Fsp3) is 0.500. The van der Waals surface area contributed by atoms with Gasteiger partial charge in [0.15, 0.2) is 5.82 Å². The zero-order valence-corrected chi connectivity index (χ0v) is 17.8. The minimum absolute atomic E-state index is 0.0630. The van der Waals surface area contributed by atoms with Crippen molar-refractivity contribution in [3.05, 3.63) is 41.6 Å². The van der Waals surface area contributed by atoms with Gasteiger partial charge in [-0.05, 0) is 50.8 Å². The number of amides is 1. The minimum atomic E-state index is -2.55. The Hall–Kier alpha value is -2.55. The first-order valence-electron chi connectivity index (χ1n) is 9.78. The second kappa shape index (κ2) is 8.86. The fourth-order valence-electron chi connectivity index (χ4n) is 3.51. The molecule has 3 rings (SSSR count). The van der Waals surface area contributed by atoms with Gasteiger partial charge in [0, 0.05) is 45.4 Å². The van der Waals surface area contributed by atoms with Crippen LogP contribution in [0.25, 0.3) is 0 Å². The maximum absolute atomic E-state index is 11.8. The van der Waals surface area contributed by atoms with Crippen molar-refractivity contribution < 1.29 is 13.7 Å². The quantitative estimate of drug-likeness (QED) is 0.538. The number of nitrogens with one attached hydrogen (secondary N) is 4. The Kier molecular flexibility index (Phi) is 6.46. The third kappa shape index (κ3) is 6.49. The molecule has 0 aliphatic heterocycles. The molecular formula is C20H29N5O3S. The van der Waals surface area contributed by atoms with Gasteiger partial charge in [-0.1, -0.05) is 12.1 Å². The lowest BCUT2D eigenvalue weighted by molar-refractivity contribution is 0.0981. The number of nitrogens with zero attached hydrogens (tertiary/aromatic N) is 1. The Morgan fingerprint density at radius 1 is 1.34 bits per heavy atom. The van der Waals surface area contributed by atoms with Crippen LogP contribution in [-0.4, -0.2) is 38.9 Å². The lowest BCUT2D eigenvalue weighted by Gasteiger charge is -2.14. The van der Waals surface area contributed by atoms with E-state index in [4.69, 9.17) is 9.52 Å². The number of carbonyl (C=O) groups is 1. The van der Waals surface area contributed by atoms with Crippen LogP contribution in [0.4, 0.5) is 16.3 Å². The van der Waals surface area contributed by atoms with Crippen molar-refractivity contribution in [2.24, 2.45) is 0 Å². The molecule has 1 amide bonds. The van der Waals surface area contributed by atoms with Crippen molar-refractivity contribution in [1.82, 2.24) is 15.5 Å². The summed E-state index contributed by atoms with van der Waals surface area (Å²) in [7, 11) is -2.55. The highest BCUT2D eigenvalue weighted by molar-refractivity contribution is 7.90. The smallest absolute Gasteiger partial charge is 0.407 e. The van der Waals surface area contributed by atoms with E-state index in [1.165, 1.54) is 6.26 Å². The Balaban J connectivity index is 1.54. The standard InChI is InChI=1S/C20H29N5O3S/c1-13(2)22-20(26)28-17-9-6-15(10-17)18-11-19(25-24-18)23-16-7-4-14(5-8-16)12-29(3,21)27/h4-5,7-8,11,13,15,17,21H,6,9-10,12H2,1-3H3,(H,22,26)(H2,23,24,25). The number of alkyl carbamates (subject to hydrolysis) is 1. The van der Waals surface area contributed by atoms with Crippen LogP contribution in [0.3, 0.4) is 0 Å². The molecule has 1 aromatic heterocycles. The molecule has 1 saturated carbocycles. The number of hydrogen-bond acceptors (Lipinski definition) is 6. The molecule has 1 aliphatic rings. The van der Waals surface area contributed by atoms with Crippen LogP contribution in [0.15, 0.2) is 30.3 Å². The average molecular weight is 420 g/mol. The number of hydrogen-bond donors (Lipinski definition) is 4. The summed E-state index contributed by atoms with van der Waals surface area (Å²) in [5.41, 5.74) is 2.77. The monoisotopic (exact) mass is 419 g/mol. The van der Waals surface area contributed by atoms with Gasteiger partial charge in [0.1, 0.15) is 6.10 Å². The summed E-state index contributed by atoms with van der Waals surface area (Å²) < 4.78 is 24.6. The minimum Gasteiger partial charge on any atom is -0.446 e. The van der Waals surface area contributed by atoms with E-state index in [1.54, 1.807) is 0 Å². The van der Waals surface area contributed by atoms with Gasteiger partial charge in [0.2, 0.25) is 0 Å². The first-order valence-corrected chi connectivity index (χ1v) is 11.9. The van der Waals surface area contributed by atoms with E-state index in [9.17, 15) is 9.00 Å². The fourth-order valence-corrected chi connectivity index (χ4v) is 4.34. The molecule has 1 fully saturated rings. The van der Waals surface area contributed by atoms with Gasteiger partial charge in [0.25, 0.3) is 0 Å². The van der Waals surface area contributed by atoms with Crippen LogP contribution >= 0.6 is 0 Å². The van der Waals surface area contributed by atoms with Crippen molar-refractivity contribution >= 4 is 27.3 Å². The zero-order valence-electron chi connectivity index (χ0n) is 17.0. The number of rotatable bonds is 7. The van der Waals surface area contributed by atoms with E-state index >= 15 is 0 Å². The van der Waals surface area contributed by atoms with Crippen molar-refractivity contribution in [2.45, 2.75) is 56.9 Å². The normalized spacial score (nSPS) is 21.0. The second-order valence-corrected chi connectivity index (χ2v) is 10.3. The second-order valence-electron chi connectivity index (χ2n) is 8.02. The molecule has 9 heteroatoms. The summed E-state index contributed by atoms with van der Waals surface area (Å²) in [6.45, 7) is 3.81. The largest absolute Gasteiger partial charge is 0.446 e. The van der Waals surface area contributed by atoms with Crippen LogP contribution in [-0.2, 0) is 20.2 Å². The maximum atomic E-state index is 11.8. The number of ether oxygens (including phenoxy) is 1. The molecule has 0 bridgehead atoms. The number of H-pyrrole nitrogens is 1. The predicted octanol–water partition coefficient (Wildman–Crippen LogP) is 4.10. The summed E-state index contributed by atoms with van der Waals surface area (Å²) in [4.78, 5) is 11.8. The zero-order chi connectivity index (χ0) is 21.0. The van der Waals surface area contributed by atoms with Crippen molar-refractivity contribution in [2.75, 3.05) is 11.6 Å². The number of anilines is 2. The highest BCUT2D eigenvalue weighted by Gasteiger charge is 2.30. The average Bonchev–Trinajstić information content (AvgIpc) is 3.24. The van der Waals surface area contributed by atoms with E-state index in [0.29, 0.717) is 0 Å². The van der Waals surface area contributed by atoms with Crippen LogP contribution in [0, 0.1) is 4.78 Å². The van der Waals surface area contributed by atoms with E-state index in [1.807, 2.05) is 44.2 Å². The molecule has 0 saturated heterocycles. The number of benzene rings is 1. The first kappa shape index (κ1) is 21.2. The molecule has 8 nitrogen and oxygen atoms in total. The molecule has 1 aliphatic carbocycles. The maximum Gasteiger partial charge on any atom is 0.407 e. The van der Waals surface area contributed by atoms with Crippen LogP contribution < -0.4 is 10.6 Å². The summed E-state index contributed by atoms with van der Waals surface area (Å²) >= 11 is 0. The van der Waals surface area contributed by atoms with E-state index in [0.717, 1.165) is 42.0 Å². The van der Waals surface area contributed by atoms with Gasteiger partial charge in [-0.3, -0.25) is 9.88 Å². The highest BCUT2D eigenvalue weighted by atomic mass is 32.2. The molecule has 3 atom stereocenters. The molecule has 158 valence electrons. The summed E-state index contributed by atoms with van der Waals surface area (Å²) in [6.07, 6.45) is 3.59.